The lowest BCUT2D eigenvalue weighted by molar-refractivity contribution is 0.0690. The standard InChI is InChI=1S/C27H32N2O7S/c1-17(2)36-26-15-20(8-10-22(26)27(32)33)19-6-4-18(5-7-19)12-13-28-16-25(31)21-9-11-24(30)23(14-21)29-37(3,34)35/h4-11,14-15,17,25,28-31H,12-13,16H2,1-3H3,(H,32,33)/t25-/m1/s1. The number of sulfonamides is 1. The van der Waals surface area contributed by atoms with E-state index in [9.17, 15) is 28.5 Å². The Morgan fingerprint density at radius 3 is 2.30 bits per heavy atom. The summed E-state index contributed by atoms with van der Waals surface area (Å²) in [6.07, 6.45) is 0.654. The van der Waals surface area contributed by atoms with Crippen LogP contribution in [0.1, 0.15) is 41.4 Å². The van der Waals surface area contributed by atoms with Gasteiger partial charge in [-0.1, -0.05) is 36.4 Å². The number of carboxylic acids is 1. The third-order valence-corrected chi connectivity index (χ3v) is 6.08. The maximum Gasteiger partial charge on any atom is 0.339 e. The molecular weight excluding hydrogens is 496 g/mol. The molecule has 0 aromatic heterocycles. The molecule has 0 saturated carbocycles. The Kier molecular flexibility index (Phi) is 9.14. The van der Waals surface area contributed by atoms with Crippen LogP contribution in [0.15, 0.2) is 60.7 Å². The minimum absolute atomic E-state index is 0.0135. The van der Waals surface area contributed by atoms with Crippen LogP contribution in [0, 0.1) is 0 Å². The van der Waals surface area contributed by atoms with Gasteiger partial charge in [0.15, 0.2) is 0 Å². The first-order valence-corrected chi connectivity index (χ1v) is 13.6. The average Bonchev–Trinajstić information content (AvgIpc) is 2.82. The maximum absolute atomic E-state index is 11.5. The largest absolute Gasteiger partial charge is 0.506 e. The van der Waals surface area contributed by atoms with Gasteiger partial charge < -0.3 is 25.4 Å². The summed E-state index contributed by atoms with van der Waals surface area (Å²) in [5, 5.41) is 32.9. The van der Waals surface area contributed by atoms with E-state index < -0.39 is 22.1 Å². The van der Waals surface area contributed by atoms with Crippen molar-refractivity contribution in [1.82, 2.24) is 5.32 Å². The van der Waals surface area contributed by atoms with E-state index in [1.165, 1.54) is 18.2 Å². The zero-order valence-electron chi connectivity index (χ0n) is 20.9. The van der Waals surface area contributed by atoms with Gasteiger partial charge in [0.1, 0.15) is 17.1 Å². The van der Waals surface area contributed by atoms with Crippen molar-refractivity contribution < 1.29 is 33.3 Å². The smallest absolute Gasteiger partial charge is 0.339 e. The van der Waals surface area contributed by atoms with Gasteiger partial charge in [-0.3, -0.25) is 4.72 Å². The van der Waals surface area contributed by atoms with E-state index >= 15 is 0 Å². The van der Waals surface area contributed by atoms with Gasteiger partial charge in [0.05, 0.1) is 24.2 Å². The summed E-state index contributed by atoms with van der Waals surface area (Å²) in [7, 11) is -3.56. The van der Waals surface area contributed by atoms with Crippen LogP contribution in [0.25, 0.3) is 11.1 Å². The van der Waals surface area contributed by atoms with Crippen LogP contribution in [-0.4, -0.2) is 55.2 Å². The fourth-order valence-corrected chi connectivity index (χ4v) is 4.29. The molecule has 37 heavy (non-hydrogen) atoms. The SMILES string of the molecule is CC(C)Oc1cc(-c2ccc(CCNC[C@@H](O)c3ccc(O)c(NS(C)(=O)=O)c3)cc2)ccc1C(=O)O. The fraction of sp³-hybridized carbons (Fsp3) is 0.296. The minimum Gasteiger partial charge on any atom is -0.506 e. The molecule has 0 unspecified atom stereocenters. The number of aliphatic hydroxyl groups excluding tert-OH is 1. The summed E-state index contributed by atoms with van der Waals surface area (Å²) in [4.78, 5) is 11.5. The molecular formula is C27H32N2O7S. The van der Waals surface area contributed by atoms with Crippen LogP contribution in [0.3, 0.4) is 0 Å². The van der Waals surface area contributed by atoms with Crippen molar-refractivity contribution in [2.45, 2.75) is 32.5 Å². The lowest BCUT2D eigenvalue weighted by atomic mass is 10.0. The summed E-state index contributed by atoms with van der Waals surface area (Å²) in [6.45, 7) is 4.54. The second-order valence-corrected chi connectivity index (χ2v) is 10.7. The van der Waals surface area contributed by atoms with Crippen molar-refractivity contribution in [3.05, 3.63) is 77.4 Å². The topological polar surface area (TPSA) is 145 Å². The molecule has 0 radical (unpaired) electrons. The minimum atomic E-state index is -3.56. The van der Waals surface area contributed by atoms with Gasteiger partial charge >= 0.3 is 5.97 Å². The fourth-order valence-electron chi connectivity index (χ4n) is 3.73. The molecule has 0 aliphatic carbocycles. The highest BCUT2D eigenvalue weighted by Gasteiger charge is 2.15. The molecule has 0 saturated heterocycles. The van der Waals surface area contributed by atoms with E-state index in [0.29, 0.717) is 24.3 Å². The Morgan fingerprint density at radius 1 is 1.00 bits per heavy atom. The van der Waals surface area contributed by atoms with Gasteiger partial charge in [-0.2, -0.15) is 0 Å². The van der Waals surface area contributed by atoms with Crippen LogP contribution in [-0.2, 0) is 16.4 Å². The monoisotopic (exact) mass is 528 g/mol. The van der Waals surface area contributed by atoms with E-state index in [4.69, 9.17) is 4.74 Å². The van der Waals surface area contributed by atoms with Crippen molar-refractivity contribution in [3.63, 3.8) is 0 Å². The van der Waals surface area contributed by atoms with Gasteiger partial charge in [0.2, 0.25) is 10.0 Å². The summed E-state index contributed by atoms with van der Waals surface area (Å²) in [6, 6.07) is 17.2. The molecule has 3 aromatic rings. The Labute approximate surface area is 216 Å². The summed E-state index contributed by atoms with van der Waals surface area (Å²) >= 11 is 0. The average molecular weight is 529 g/mol. The molecule has 1 atom stereocenters. The molecule has 3 aromatic carbocycles. The number of aliphatic hydroxyl groups is 1. The van der Waals surface area contributed by atoms with E-state index in [1.54, 1.807) is 18.2 Å². The van der Waals surface area contributed by atoms with Gasteiger partial charge in [-0.25, -0.2) is 13.2 Å². The normalized spacial score (nSPS) is 12.4. The van der Waals surface area contributed by atoms with Gasteiger partial charge in [0.25, 0.3) is 0 Å². The van der Waals surface area contributed by atoms with Crippen LogP contribution < -0.4 is 14.8 Å². The number of aromatic carboxylic acids is 1. The number of carbonyl (C=O) groups is 1. The maximum atomic E-state index is 11.5. The number of aromatic hydroxyl groups is 1. The number of carboxylic acid groups (broad SMARTS) is 1. The predicted octanol–water partition coefficient (Wildman–Crippen LogP) is 3.78. The quantitative estimate of drug-likeness (QED) is 0.176. The molecule has 9 nitrogen and oxygen atoms in total. The molecule has 0 spiro atoms. The number of hydrogen-bond acceptors (Lipinski definition) is 7. The van der Waals surface area contributed by atoms with Crippen molar-refractivity contribution in [1.29, 1.82) is 0 Å². The molecule has 0 aliphatic heterocycles. The van der Waals surface area contributed by atoms with E-state index in [-0.39, 0.29) is 29.6 Å². The highest BCUT2D eigenvalue weighted by Crippen LogP contribution is 2.29. The molecule has 198 valence electrons. The van der Waals surface area contributed by atoms with Crippen LogP contribution in [0.2, 0.25) is 0 Å². The second-order valence-electron chi connectivity index (χ2n) is 9.00. The Hall–Kier alpha value is -3.60. The van der Waals surface area contributed by atoms with Crippen molar-refractivity contribution in [2.24, 2.45) is 0 Å². The lowest BCUT2D eigenvalue weighted by Crippen LogP contribution is -2.23. The highest BCUT2D eigenvalue weighted by atomic mass is 32.2. The van der Waals surface area contributed by atoms with Gasteiger partial charge in [-0.15, -0.1) is 0 Å². The molecule has 0 fully saturated rings. The zero-order chi connectivity index (χ0) is 27.2. The van der Waals surface area contributed by atoms with Gasteiger partial charge in [0, 0.05) is 6.54 Å². The number of ether oxygens (including phenoxy) is 1. The Morgan fingerprint density at radius 2 is 1.68 bits per heavy atom. The zero-order valence-corrected chi connectivity index (χ0v) is 21.7. The molecule has 0 aliphatic rings. The molecule has 0 bridgehead atoms. The molecule has 10 heteroatoms. The number of hydrogen-bond donors (Lipinski definition) is 5. The van der Waals surface area contributed by atoms with E-state index in [0.717, 1.165) is 22.9 Å². The lowest BCUT2D eigenvalue weighted by Gasteiger charge is -2.15. The summed E-state index contributed by atoms with van der Waals surface area (Å²) in [5.74, 6) is -0.925. The Balaban J connectivity index is 1.57. The summed E-state index contributed by atoms with van der Waals surface area (Å²) in [5.41, 5.74) is 3.47. The third kappa shape index (κ3) is 8.21. The predicted molar refractivity (Wildman–Crippen MR) is 143 cm³/mol. The second kappa shape index (κ2) is 12.1. The number of nitrogens with one attached hydrogen (secondary N) is 2. The van der Waals surface area contributed by atoms with Crippen molar-refractivity contribution >= 4 is 21.7 Å². The first-order valence-electron chi connectivity index (χ1n) is 11.8. The molecule has 0 heterocycles. The highest BCUT2D eigenvalue weighted by molar-refractivity contribution is 7.92. The van der Waals surface area contributed by atoms with Crippen LogP contribution in [0.4, 0.5) is 5.69 Å². The van der Waals surface area contributed by atoms with Gasteiger partial charge in [-0.05, 0) is 73.3 Å². The first-order chi connectivity index (χ1) is 17.4. The van der Waals surface area contributed by atoms with Crippen LogP contribution >= 0.6 is 0 Å². The van der Waals surface area contributed by atoms with Crippen molar-refractivity contribution in [2.75, 3.05) is 24.1 Å². The number of phenolic OH excluding ortho intramolecular Hbond substituents is 1. The van der Waals surface area contributed by atoms with Crippen molar-refractivity contribution in [3.8, 4) is 22.6 Å². The van der Waals surface area contributed by atoms with Crippen LogP contribution in [0.5, 0.6) is 11.5 Å². The summed E-state index contributed by atoms with van der Waals surface area (Å²) < 4.78 is 30.8. The van der Waals surface area contributed by atoms with E-state index in [2.05, 4.69) is 10.0 Å². The number of anilines is 1. The Bertz CT molecular complexity index is 1340. The molecule has 5 N–H and O–H groups in total. The number of benzene rings is 3. The molecule has 3 rings (SSSR count). The van der Waals surface area contributed by atoms with E-state index in [1.807, 2.05) is 38.1 Å². The first kappa shape index (κ1) is 28.0. The molecule has 0 amide bonds. The number of rotatable bonds is 12. The third-order valence-electron chi connectivity index (χ3n) is 5.49. The number of phenols is 1.